The number of thioether (sulfide) groups is 1. The Labute approximate surface area is 171 Å². The quantitative estimate of drug-likeness (QED) is 0.358. The predicted molar refractivity (Wildman–Crippen MR) is 114 cm³/mol. The van der Waals surface area contributed by atoms with E-state index in [4.69, 9.17) is 9.72 Å². The van der Waals surface area contributed by atoms with Gasteiger partial charge in [0, 0.05) is 4.88 Å². The van der Waals surface area contributed by atoms with Crippen LogP contribution in [0.1, 0.15) is 41.7 Å². The third-order valence-electron chi connectivity index (χ3n) is 5.18. The number of carbonyl (C=O) groups excluding carboxylic acids is 1. The van der Waals surface area contributed by atoms with Gasteiger partial charge in [-0.15, -0.1) is 11.3 Å². The van der Waals surface area contributed by atoms with Crippen LogP contribution in [0.4, 0.5) is 0 Å². The molecule has 0 spiro atoms. The summed E-state index contributed by atoms with van der Waals surface area (Å²) in [5.41, 5.74) is 3.01. The minimum atomic E-state index is -0.339. The average molecular weight is 415 g/mol. The number of benzene rings is 1. The predicted octanol–water partition coefficient (Wildman–Crippen LogP) is 4.46. The van der Waals surface area contributed by atoms with Gasteiger partial charge in [-0.2, -0.15) is 0 Å². The molecule has 0 fully saturated rings. The van der Waals surface area contributed by atoms with Crippen molar-refractivity contribution < 1.29 is 9.53 Å². The maximum atomic E-state index is 13.6. The monoisotopic (exact) mass is 414 g/mol. The number of fused-ring (bicyclic) bond motifs is 3. The van der Waals surface area contributed by atoms with E-state index in [-0.39, 0.29) is 17.3 Å². The molecule has 28 heavy (non-hydrogen) atoms. The van der Waals surface area contributed by atoms with Crippen LogP contribution in [-0.2, 0) is 16.0 Å². The molecule has 7 heteroatoms. The van der Waals surface area contributed by atoms with E-state index in [2.05, 4.69) is 6.92 Å². The number of carbonyl (C=O) groups is 1. The Hall–Kier alpha value is -2.12. The molecule has 2 heterocycles. The summed E-state index contributed by atoms with van der Waals surface area (Å²) in [7, 11) is 1.36. The summed E-state index contributed by atoms with van der Waals surface area (Å²) >= 11 is 2.86. The molecule has 2 aromatic heterocycles. The fourth-order valence-corrected chi connectivity index (χ4v) is 5.94. The van der Waals surface area contributed by atoms with Crippen LogP contribution in [0.15, 0.2) is 34.2 Å². The second kappa shape index (κ2) is 7.72. The van der Waals surface area contributed by atoms with Crippen LogP contribution >= 0.6 is 23.1 Å². The number of hydrogen-bond donors (Lipinski definition) is 0. The van der Waals surface area contributed by atoms with Gasteiger partial charge in [0.2, 0.25) is 0 Å². The van der Waals surface area contributed by atoms with Crippen molar-refractivity contribution in [2.24, 2.45) is 0 Å². The van der Waals surface area contributed by atoms with Crippen molar-refractivity contribution in [2.45, 2.75) is 44.2 Å². The molecule has 146 valence electrons. The van der Waals surface area contributed by atoms with Gasteiger partial charge >= 0.3 is 5.97 Å². The number of nitrogens with zero attached hydrogens (tertiary/aromatic N) is 2. The van der Waals surface area contributed by atoms with Crippen molar-refractivity contribution in [3.63, 3.8) is 0 Å². The van der Waals surface area contributed by atoms with Crippen LogP contribution < -0.4 is 5.56 Å². The molecular weight excluding hydrogens is 392 g/mol. The number of aryl methyl sites for hydroxylation is 2. The van der Waals surface area contributed by atoms with E-state index < -0.39 is 0 Å². The second-order valence-corrected chi connectivity index (χ2v) is 9.17. The number of methoxy groups -OCH3 is 1. The topological polar surface area (TPSA) is 61.2 Å². The third-order valence-corrected chi connectivity index (χ3v) is 7.25. The van der Waals surface area contributed by atoms with E-state index in [1.165, 1.54) is 29.3 Å². The zero-order chi connectivity index (χ0) is 19.8. The van der Waals surface area contributed by atoms with E-state index in [0.717, 1.165) is 40.7 Å². The van der Waals surface area contributed by atoms with Crippen LogP contribution in [0.25, 0.3) is 15.9 Å². The van der Waals surface area contributed by atoms with Crippen molar-refractivity contribution in [3.8, 4) is 5.69 Å². The molecule has 0 aliphatic heterocycles. The molecule has 0 saturated heterocycles. The zero-order valence-corrected chi connectivity index (χ0v) is 17.8. The highest BCUT2D eigenvalue weighted by Crippen LogP contribution is 2.40. The summed E-state index contributed by atoms with van der Waals surface area (Å²) in [6.45, 7) is 4.21. The Kier molecular flexibility index (Phi) is 5.29. The molecule has 1 aliphatic rings. The second-order valence-electron chi connectivity index (χ2n) is 7.15. The fraction of sp³-hybridized carbons (Fsp3) is 0.381. The normalized spacial score (nSPS) is 16.2. The summed E-state index contributed by atoms with van der Waals surface area (Å²) < 4.78 is 6.40. The smallest absolute Gasteiger partial charge is 0.316 e. The van der Waals surface area contributed by atoms with Gasteiger partial charge < -0.3 is 4.74 Å². The first kappa shape index (κ1) is 19.2. The molecule has 4 rings (SSSR count). The standard InChI is InChI=1S/C21H22N2O3S2/c1-12-7-9-14(10-8-12)23-20(25)18-17-13(2)5-4-6-15(17)28-19(18)22-21(23)27-11-16(24)26-3/h7-10,13H,4-6,11H2,1-3H3/t13-/m1/s1. The molecule has 0 N–H and O–H groups in total. The Bertz CT molecular complexity index is 1100. The van der Waals surface area contributed by atoms with Crippen LogP contribution in [0.5, 0.6) is 0 Å². The van der Waals surface area contributed by atoms with Crippen molar-refractivity contribution in [2.75, 3.05) is 12.9 Å². The Balaban J connectivity index is 1.95. The van der Waals surface area contributed by atoms with Crippen LogP contribution in [0.3, 0.4) is 0 Å². The molecule has 1 aliphatic carbocycles. The number of rotatable bonds is 4. The lowest BCUT2D eigenvalue weighted by atomic mass is 9.88. The van der Waals surface area contributed by atoms with Gasteiger partial charge in [-0.1, -0.05) is 36.4 Å². The van der Waals surface area contributed by atoms with Crippen LogP contribution in [0, 0.1) is 6.92 Å². The first-order chi connectivity index (χ1) is 13.5. The van der Waals surface area contributed by atoms with Gasteiger partial charge in [0.05, 0.1) is 23.9 Å². The van der Waals surface area contributed by atoms with Gasteiger partial charge in [0.1, 0.15) is 4.83 Å². The lowest BCUT2D eigenvalue weighted by Crippen LogP contribution is -2.23. The minimum Gasteiger partial charge on any atom is -0.468 e. The number of esters is 1. The third kappa shape index (κ3) is 3.37. The number of thiophene rings is 1. The molecule has 1 atom stereocenters. The Morgan fingerprint density at radius 1 is 1.36 bits per heavy atom. The van der Waals surface area contributed by atoms with E-state index in [9.17, 15) is 9.59 Å². The number of aromatic nitrogens is 2. The summed E-state index contributed by atoms with van der Waals surface area (Å²) in [6.07, 6.45) is 3.26. The van der Waals surface area contributed by atoms with Gasteiger partial charge in [0.25, 0.3) is 5.56 Å². The van der Waals surface area contributed by atoms with E-state index in [1.54, 1.807) is 15.9 Å². The van der Waals surface area contributed by atoms with Crippen molar-refractivity contribution in [1.29, 1.82) is 0 Å². The number of ether oxygens (including phenoxy) is 1. The molecule has 5 nitrogen and oxygen atoms in total. The molecule has 0 saturated carbocycles. The average Bonchev–Trinajstić information content (AvgIpc) is 3.07. The van der Waals surface area contributed by atoms with E-state index in [0.29, 0.717) is 11.1 Å². The van der Waals surface area contributed by atoms with Gasteiger partial charge in [-0.25, -0.2) is 4.98 Å². The van der Waals surface area contributed by atoms with Crippen molar-refractivity contribution >= 4 is 39.3 Å². The summed E-state index contributed by atoms with van der Waals surface area (Å²) in [5, 5.41) is 1.27. The SMILES string of the molecule is COC(=O)CSc1nc2sc3c(c2c(=O)n1-c1ccc(C)cc1)[C@H](C)CCC3. The zero-order valence-electron chi connectivity index (χ0n) is 16.2. The lowest BCUT2D eigenvalue weighted by Gasteiger charge is -2.19. The van der Waals surface area contributed by atoms with Crippen LogP contribution in [-0.4, -0.2) is 28.4 Å². The van der Waals surface area contributed by atoms with Crippen LogP contribution in [0.2, 0.25) is 0 Å². The van der Waals surface area contributed by atoms with Crippen molar-refractivity contribution in [1.82, 2.24) is 9.55 Å². The molecule has 0 bridgehead atoms. The molecule has 1 aromatic carbocycles. The summed E-state index contributed by atoms with van der Waals surface area (Å²) in [6, 6.07) is 7.81. The first-order valence-corrected chi connectivity index (χ1v) is 11.1. The molecule has 0 amide bonds. The lowest BCUT2D eigenvalue weighted by molar-refractivity contribution is -0.137. The molecule has 3 aromatic rings. The largest absolute Gasteiger partial charge is 0.468 e. The highest BCUT2D eigenvalue weighted by Gasteiger charge is 2.26. The van der Waals surface area contributed by atoms with Gasteiger partial charge in [-0.3, -0.25) is 14.2 Å². The highest BCUT2D eigenvalue weighted by molar-refractivity contribution is 7.99. The molecule has 0 radical (unpaired) electrons. The van der Waals surface area contributed by atoms with E-state index in [1.807, 2.05) is 31.2 Å². The summed E-state index contributed by atoms with van der Waals surface area (Å²) in [5.74, 6) is 0.142. The van der Waals surface area contributed by atoms with Crippen molar-refractivity contribution in [3.05, 3.63) is 50.6 Å². The maximum absolute atomic E-state index is 13.6. The highest BCUT2D eigenvalue weighted by atomic mass is 32.2. The first-order valence-electron chi connectivity index (χ1n) is 9.34. The van der Waals surface area contributed by atoms with Gasteiger partial charge in [-0.05, 0) is 49.8 Å². The Morgan fingerprint density at radius 2 is 2.11 bits per heavy atom. The van der Waals surface area contributed by atoms with Gasteiger partial charge in [0.15, 0.2) is 5.16 Å². The molecule has 0 unspecified atom stereocenters. The summed E-state index contributed by atoms with van der Waals surface area (Å²) in [4.78, 5) is 32.2. The maximum Gasteiger partial charge on any atom is 0.316 e. The van der Waals surface area contributed by atoms with E-state index >= 15 is 0 Å². The molecular formula is C21H22N2O3S2. The fourth-order valence-electron chi connectivity index (χ4n) is 3.72. The number of hydrogen-bond acceptors (Lipinski definition) is 6. The Morgan fingerprint density at radius 3 is 2.82 bits per heavy atom. The minimum absolute atomic E-state index is 0.0486.